The normalized spacial score (nSPS) is 11.5. The molecule has 0 aromatic heterocycles. The minimum atomic E-state index is -0.878. The molecule has 0 aliphatic carbocycles. The molecule has 0 saturated carbocycles. The first-order valence-corrected chi connectivity index (χ1v) is 8.34. The molecule has 0 fully saturated rings. The molecule has 0 saturated heterocycles. The molecule has 25 heavy (non-hydrogen) atoms. The van der Waals surface area contributed by atoms with Gasteiger partial charge >= 0.3 is 5.97 Å². The summed E-state index contributed by atoms with van der Waals surface area (Å²) in [6.07, 6.45) is -0.878. The molecule has 0 heterocycles. The van der Waals surface area contributed by atoms with Crippen molar-refractivity contribution in [1.29, 1.82) is 0 Å². The van der Waals surface area contributed by atoms with E-state index in [1.165, 1.54) is 6.92 Å². The monoisotopic (exact) mass is 361 g/mol. The molecule has 5 nitrogen and oxygen atoms in total. The van der Waals surface area contributed by atoms with Gasteiger partial charge in [-0.05, 0) is 43.7 Å². The Morgan fingerprint density at radius 1 is 1.12 bits per heavy atom. The van der Waals surface area contributed by atoms with E-state index in [4.69, 9.17) is 21.1 Å². The summed E-state index contributed by atoms with van der Waals surface area (Å²) < 4.78 is 10.9. The zero-order chi connectivity index (χ0) is 18.2. The highest BCUT2D eigenvalue weighted by Gasteiger charge is 2.20. The predicted octanol–water partition coefficient (Wildman–Crippen LogP) is 3.60. The van der Waals surface area contributed by atoms with Gasteiger partial charge in [-0.25, -0.2) is 4.79 Å². The fourth-order valence-electron chi connectivity index (χ4n) is 2.10. The average molecular weight is 362 g/mol. The third-order valence-electron chi connectivity index (χ3n) is 3.42. The highest BCUT2D eigenvalue weighted by Crippen LogP contribution is 2.21. The van der Waals surface area contributed by atoms with Gasteiger partial charge in [0.05, 0.1) is 0 Å². The number of carbonyl (C=O) groups is 2. The second kappa shape index (κ2) is 9.08. The van der Waals surface area contributed by atoms with Crippen LogP contribution in [0, 0.1) is 0 Å². The average Bonchev–Trinajstić information content (AvgIpc) is 2.61. The summed E-state index contributed by atoms with van der Waals surface area (Å²) >= 11 is 5.86. The number of nitrogens with one attached hydrogen (secondary N) is 1. The Morgan fingerprint density at radius 3 is 2.48 bits per heavy atom. The number of esters is 1. The molecule has 132 valence electrons. The molecule has 1 atom stereocenters. The maximum absolute atomic E-state index is 12.3. The van der Waals surface area contributed by atoms with Crippen LogP contribution in [-0.2, 0) is 16.1 Å². The van der Waals surface area contributed by atoms with E-state index in [1.807, 2.05) is 12.1 Å². The van der Waals surface area contributed by atoms with Crippen LogP contribution in [0.5, 0.6) is 5.75 Å². The van der Waals surface area contributed by atoms with Crippen molar-refractivity contribution in [3.05, 3.63) is 64.7 Å². The summed E-state index contributed by atoms with van der Waals surface area (Å²) in [5.41, 5.74) is 1.19. The van der Waals surface area contributed by atoms with Gasteiger partial charge in [-0.2, -0.15) is 0 Å². The van der Waals surface area contributed by atoms with Crippen LogP contribution in [0.25, 0.3) is 0 Å². The smallest absolute Gasteiger partial charge is 0.342 e. The van der Waals surface area contributed by atoms with Gasteiger partial charge in [0, 0.05) is 11.6 Å². The summed E-state index contributed by atoms with van der Waals surface area (Å²) in [4.78, 5) is 24.0. The Kier molecular flexibility index (Phi) is 6.83. The lowest BCUT2D eigenvalue weighted by molar-refractivity contribution is -0.128. The summed E-state index contributed by atoms with van der Waals surface area (Å²) in [6.45, 7) is 4.08. The Labute approximate surface area is 151 Å². The predicted molar refractivity (Wildman–Crippen MR) is 95.8 cm³/mol. The standard InChI is InChI=1S/C19H20ClNO4/c1-3-21-18(22)13(2)25-19(23)16-6-4-5-7-17(16)24-12-14-8-10-15(20)11-9-14/h4-11,13H,3,12H2,1-2H3,(H,21,22)/t13-/m0/s1. The first-order chi connectivity index (χ1) is 12.0. The summed E-state index contributed by atoms with van der Waals surface area (Å²) in [5, 5.41) is 3.26. The Bertz CT molecular complexity index is 730. The Hall–Kier alpha value is -2.53. The molecule has 0 aliphatic heterocycles. The van der Waals surface area contributed by atoms with Gasteiger partial charge in [0.25, 0.3) is 5.91 Å². The highest BCUT2D eigenvalue weighted by molar-refractivity contribution is 6.30. The van der Waals surface area contributed by atoms with Crippen LogP contribution < -0.4 is 10.1 Å². The molecule has 2 aromatic rings. The molecule has 2 rings (SSSR count). The van der Waals surface area contributed by atoms with Crippen molar-refractivity contribution in [3.63, 3.8) is 0 Å². The van der Waals surface area contributed by atoms with Crippen molar-refractivity contribution >= 4 is 23.5 Å². The number of halogens is 1. The van der Waals surface area contributed by atoms with Crippen LogP contribution in [-0.4, -0.2) is 24.5 Å². The third-order valence-corrected chi connectivity index (χ3v) is 3.67. The van der Waals surface area contributed by atoms with Crippen LogP contribution in [0.4, 0.5) is 0 Å². The lowest BCUT2D eigenvalue weighted by Gasteiger charge is -2.15. The van der Waals surface area contributed by atoms with Crippen LogP contribution >= 0.6 is 11.6 Å². The van der Waals surface area contributed by atoms with E-state index >= 15 is 0 Å². The molecule has 0 aliphatic rings. The zero-order valence-electron chi connectivity index (χ0n) is 14.1. The summed E-state index contributed by atoms with van der Waals surface area (Å²) in [5.74, 6) is -0.550. The van der Waals surface area contributed by atoms with E-state index in [2.05, 4.69) is 5.32 Å². The maximum Gasteiger partial charge on any atom is 0.342 e. The van der Waals surface area contributed by atoms with Crippen molar-refractivity contribution in [3.8, 4) is 5.75 Å². The summed E-state index contributed by atoms with van der Waals surface area (Å²) in [6, 6.07) is 14.0. The zero-order valence-corrected chi connectivity index (χ0v) is 14.9. The number of hydrogen-bond acceptors (Lipinski definition) is 4. The third kappa shape index (κ3) is 5.50. The molecule has 0 radical (unpaired) electrons. The van der Waals surface area contributed by atoms with Crippen molar-refractivity contribution in [2.45, 2.75) is 26.6 Å². The van der Waals surface area contributed by atoms with E-state index in [1.54, 1.807) is 43.3 Å². The van der Waals surface area contributed by atoms with Crippen molar-refractivity contribution in [1.82, 2.24) is 5.32 Å². The van der Waals surface area contributed by atoms with Gasteiger partial charge in [0.1, 0.15) is 17.9 Å². The Balaban J connectivity index is 2.05. The van der Waals surface area contributed by atoms with Gasteiger partial charge < -0.3 is 14.8 Å². The van der Waals surface area contributed by atoms with Crippen LogP contribution in [0.1, 0.15) is 29.8 Å². The van der Waals surface area contributed by atoms with Crippen molar-refractivity contribution < 1.29 is 19.1 Å². The number of carbonyl (C=O) groups excluding carboxylic acids is 2. The maximum atomic E-state index is 12.3. The lowest BCUT2D eigenvalue weighted by atomic mass is 10.2. The quantitative estimate of drug-likeness (QED) is 0.765. The molecule has 1 amide bonds. The fourth-order valence-corrected chi connectivity index (χ4v) is 2.22. The second-order valence-electron chi connectivity index (χ2n) is 5.35. The van der Waals surface area contributed by atoms with Crippen molar-refractivity contribution in [2.24, 2.45) is 0 Å². The minimum Gasteiger partial charge on any atom is -0.488 e. The summed E-state index contributed by atoms with van der Waals surface area (Å²) in [7, 11) is 0. The molecule has 6 heteroatoms. The van der Waals surface area contributed by atoms with Crippen LogP contribution in [0.15, 0.2) is 48.5 Å². The van der Waals surface area contributed by atoms with Gasteiger partial charge in [0.2, 0.25) is 0 Å². The topological polar surface area (TPSA) is 64.6 Å². The van der Waals surface area contributed by atoms with Crippen LogP contribution in [0.3, 0.4) is 0 Å². The number of hydrogen-bond donors (Lipinski definition) is 1. The van der Waals surface area contributed by atoms with E-state index in [0.717, 1.165) is 5.56 Å². The van der Waals surface area contributed by atoms with E-state index in [9.17, 15) is 9.59 Å². The van der Waals surface area contributed by atoms with Gasteiger partial charge in [-0.3, -0.25) is 4.79 Å². The van der Waals surface area contributed by atoms with Crippen molar-refractivity contribution in [2.75, 3.05) is 6.54 Å². The Morgan fingerprint density at radius 2 is 1.80 bits per heavy atom. The minimum absolute atomic E-state index is 0.271. The fraction of sp³-hybridized carbons (Fsp3) is 0.263. The second-order valence-corrected chi connectivity index (χ2v) is 5.79. The number of ether oxygens (including phenoxy) is 2. The number of likely N-dealkylation sites (N-methyl/N-ethyl adjacent to an activating group) is 1. The first kappa shape index (κ1) is 18.8. The molecule has 0 spiro atoms. The molecule has 0 bridgehead atoms. The van der Waals surface area contributed by atoms with E-state index in [0.29, 0.717) is 17.3 Å². The number of rotatable bonds is 7. The lowest BCUT2D eigenvalue weighted by Crippen LogP contribution is -2.35. The van der Waals surface area contributed by atoms with Gasteiger partial charge in [-0.1, -0.05) is 35.9 Å². The number of para-hydroxylation sites is 1. The molecule has 0 unspecified atom stereocenters. The SMILES string of the molecule is CCNC(=O)[C@H](C)OC(=O)c1ccccc1OCc1ccc(Cl)cc1. The first-order valence-electron chi connectivity index (χ1n) is 7.96. The highest BCUT2D eigenvalue weighted by atomic mass is 35.5. The number of benzene rings is 2. The largest absolute Gasteiger partial charge is 0.488 e. The molecule has 2 aromatic carbocycles. The van der Waals surface area contributed by atoms with E-state index < -0.39 is 12.1 Å². The number of amides is 1. The molecule has 1 N–H and O–H groups in total. The van der Waals surface area contributed by atoms with Gasteiger partial charge in [-0.15, -0.1) is 0 Å². The van der Waals surface area contributed by atoms with E-state index in [-0.39, 0.29) is 18.1 Å². The van der Waals surface area contributed by atoms with Crippen LogP contribution in [0.2, 0.25) is 5.02 Å². The molecular formula is C19H20ClNO4. The molecular weight excluding hydrogens is 342 g/mol. The van der Waals surface area contributed by atoms with Gasteiger partial charge in [0.15, 0.2) is 6.10 Å².